The van der Waals surface area contributed by atoms with Crippen LogP contribution < -0.4 is 15.2 Å². The number of nitrogens with zero attached hydrogens (tertiary/aromatic N) is 4. The van der Waals surface area contributed by atoms with E-state index in [0.717, 1.165) is 35.1 Å². The van der Waals surface area contributed by atoms with Gasteiger partial charge in [0, 0.05) is 50.8 Å². The number of rotatable bonds is 7. The first kappa shape index (κ1) is 22.9. The third-order valence-electron chi connectivity index (χ3n) is 5.84. The van der Waals surface area contributed by atoms with Gasteiger partial charge in [-0.2, -0.15) is 5.10 Å². The van der Waals surface area contributed by atoms with Crippen molar-refractivity contribution < 1.29 is 9.53 Å². The summed E-state index contributed by atoms with van der Waals surface area (Å²) in [6, 6.07) is 18.5. The van der Waals surface area contributed by atoms with Gasteiger partial charge in [-0.15, -0.1) is 0 Å². The number of ether oxygens (including phenoxy) is 1. The minimum atomic E-state index is -0.173. The SMILES string of the molecule is COc1ccc(-c2ccc(=O)n(CCCC(=O)N3CCN(c4ccccc4Cl)CC3)n2)cc1. The van der Waals surface area contributed by atoms with Crippen LogP contribution in [0.15, 0.2) is 65.5 Å². The van der Waals surface area contributed by atoms with Crippen molar-refractivity contribution in [2.45, 2.75) is 19.4 Å². The molecule has 33 heavy (non-hydrogen) atoms. The second-order valence-electron chi connectivity index (χ2n) is 7.93. The highest BCUT2D eigenvalue weighted by molar-refractivity contribution is 6.33. The van der Waals surface area contributed by atoms with Gasteiger partial charge >= 0.3 is 0 Å². The number of aryl methyl sites for hydroxylation is 1. The molecule has 172 valence electrons. The Morgan fingerprint density at radius 2 is 1.73 bits per heavy atom. The average molecular weight is 467 g/mol. The molecule has 3 aromatic rings. The fourth-order valence-electron chi connectivity index (χ4n) is 3.97. The maximum Gasteiger partial charge on any atom is 0.266 e. The lowest BCUT2D eigenvalue weighted by molar-refractivity contribution is -0.131. The smallest absolute Gasteiger partial charge is 0.266 e. The number of hydrogen-bond acceptors (Lipinski definition) is 5. The van der Waals surface area contributed by atoms with Crippen LogP contribution in [0.25, 0.3) is 11.3 Å². The molecule has 2 aromatic carbocycles. The van der Waals surface area contributed by atoms with Crippen molar-refractivity contribution in [1.29, 1.82) is 0 Å². The third kappa shape index (κ3) is 5.54. The van der Waals surface area contributed by atoms with Gasteiger partial charge in [-0.3, -0.25) is 9.59 Å². The standard InChI is InChI=1S/C25H27ClN4O3/c1-33-20-10-8-19(9-11-20)22-12-13-25(32)30(27-22)14-4-7-24(31)29-17-15-28(16-18-29)23-6-3-2-5-21(23)26/h2-3,5-6,8-13H,4,7,14-18H2,1H3. The van der Waals surface area contributed by atoms with Crippen molar-refractivity contribution >= 4 is 23.2 Å². The Balaban J connectivity index is 1.30. The molecule has 1 aliphatic rings. The Morgan fingerprint density at radius 1 is 1.00 bits per heavy atom. The van der Waals surface area contributed by atoms with E-state index in [1.807, 2.05) is 53.4 Å². The first-order chi connectivity index (χ1) is 16.0. The van der Waals surface area contributed by atoms with Gasteiger partial charge in [0.25, 0.3) is 5.56 Å². The number of carbonyl (C=O) groups excluding carboxylic acids is 1. The molecule has 1 aliphatic heterocycles. The van der Waals surface area contributed by atoms with Crippen molar-refractivity contribution in [3.8, 4) is 17.0 Å². The summed E-state index contributed by atoms with van der Waals surface area (Å²) in [5.74, 6) is 0.867. The fourth-order valence-corrected chi connectivity index (χ4v) is 4.22. The summed E-state index contributed by atoms with van der Waals surface area (Å²) >= 11 is 6.30. The highest BCUT2D eigenvalue weighted by Crippen LogP contribution is 2.26. The Kier molecular flexibility index (Phi) is 7.29. The predicted octanol–water partition coefficient (Wildman–Crippen LogP) is 3.70. The molecule has 8 heteroatoms. The van der Waals surface area contributed by atoms with Gasteiger partial charge in [0.1, 0.15) is 5.75 Å². The molecule has 0 aliphatic carbocycles. The number of carbonyl (C=O) groups is 1. The second-order valence-corrected chi connectivity index (χ2v) is 8.34. The zero-order valence-corrected chi connectivity index (χ0v) is 19.4. The largest absolute Gasteiger partial charge is 0.497 e. The number of hydrogen-bond donors (Lipinski definition) is 0. The Bertz CT molecular complexity index is 1150. The van der Waals surface area contributed by atoms with Crippen LogP contribution >= 0.6 is 11.6 Å². The average Bonchev–Trinajstić information content (AvgIpc) is 2.85. The van der Waals surface area contributed by atoms with Gasteiger partial charge in [-0.25, -0.2) is 4.68 Å². The zero-order valence-electron chi connectivity index (χ0n) is 18.6. The van der Waals surface area contributed by atoms with E-state index in [9.17, 15) is 9.59 Å². The molecule has 0 atom stereocenters. The van der Waals surface area contributed by atoms with E-state index in [2.05, 4.69) is 10.00 Å². The molecular formula is C25H27ClN4O3. The van der Waals surface area contributed by atoms with Gasteiger partial charge < -0.3 is 14.5 Å². The van der Waals surface area contributed by atoms with Crippen LogP contribution in [-0.4, -0.2) is 53.9 Å². The summed E-state index contributed by atoms with van der Waals surface area (Å²) in [4.78, 5) is 29.0. The lowest BCUT2D eigenvalue weighted by Crippen LogP contribution is -2.48. The topological polar surface area (TPSA) is 67.7 Å². The predicted molar refractivity (Wildman–Crippen MR) is 130 cm³/mol. The van der Waals surface area contributed by atoms with Gasteiger partial charge in [-0.05, 0) is 48.9 Å². The van der Waals surface area contributed by atoms with Gasteiger partial charge in [0.15, 0.2) is 0 Å². The van der Waals surface area contributed by atoms with Crippen LogP contribution in [0.5, 0.6) is 5.75 Å². The van der Waals surface area contributed by atoms with Gasteiger partial charge in [0.05, 0.1) is 23.5 Å². The van der Waals surface area contributed by atoms with Crippen LogP contribution in [0.1, 0.15) is 12.8 Å². The summed E-state index contributed by atoms with van der Waals surface area (Å²) in [5.41, 5.74) is 2.44. The van der Waals surface area contributed by atoms with Crippen molar-refractivity contribution in [1.82, 2.24) is 14.7 Å². The van der Waals surface area contributed by atoms with Crippen LogP contribution in [-0.2, 0) is 11.3 Å². The molecule has 0 unspecified atom stereocenters. The summed E-state index contributed by atoms with van der Waals surface area (Å²) in [6.07, 6.45) is 0.940. The van der Waals surface area contributed by atoms with E-state index in [4.69, 9.17) is 16.3 Å². The summed E-state index contributed by atoms with van der Waals surface area (Å²) in [5, 5.41) is 5.21. The number of benzene rings is 2. The molecule has 1 amide bonds. The minimum absolute atomic E-state index is 0.105. The van der Waals surface area contributed by atoms with Crippen LogP contribution in [0, 0.1) is 0 Å². The first-order valence-electron chi connectivity index (χ1n) is 11.0. The lowest BCUT2D eigenvalue weighted by atomic mass is 10.1. The molecular weight excluding hydrogens is 440 g/mol. The van der Waals surface area contributed by atoms with Crippen LogP contribution in [0.2, 0.25) is 5.02 Å². The quantitative estimate of drug-likeness (QED) is 0.531. The van der Waals surface area contributed by atoms with E-state index in [1.54, 1.807) is 13.2 Å². The number of methoxy groups -OCH3 is 1. The number of para-hydroxylation sites is 1. The summed E-state index contributed by atoms with van der Waals surface area (Å²) in [6.45, 7) is 3.22. The number of halogens is 1. The van der Waals surface area contributed by atoms with E-state index >= 15 is 0 Å². The van der Waals surface area contributed by atoms with Gasteiger partial charge in [-0.1, -0.05) is 23.7 Å². The van der Waals surface area contributed by atoms with E-state index in [0.29, 0.717) is 38.2 Å². The van der Waals surface area contributed by atoms with Crippen molar-refractivity contribution in [2.75, 3.05) is 38.2 Å². The number of aromatic nitrogens is 2. The Hall–Kier alpha value is -3.32. The number of piperazine rings is 1. The van der Waals surface area contributed by atoms with Crippen molar-refractivity contribution in [3.63, 3.8) is 0 Å². The highest BCUT2D eigenvalue weighted by Gasteiger charge is 2.22. The monoisotopic (exact) mass is 466 g/mol. The van der Waals surface area contributed by atoms with Crippen molar-refractivity contribution in [3.05, 3.63) is 76.0 Å². The summed E-state index contributed by atoms with van der Waals surface area (Å²) in [7, 11) is 1.62. The third-order valence-corrected chi connectivity index (χ3v) is 6.16. The fraction of sp³-hybridized carbons (Fsp3) is 0.320. The molecule has 1 saturated heterocycles. The van der Waals surface area contributed by atoms with Crippen LogP contribution in [0.4, 0.5) is 5.69 Å². The lowest BCUT2D eigenvalue weighted by Gasteiger charge is -2.36. The van der Waals surface area contributed by atoms with E-state index in [1.165, 1.54) is 10.7 Å². The highest BCUT2D eigenvalue weighted by atomic mass is 35.5. The second kappa shape index (κ2) is 10.5. The molecule has 2 heterocycles. The van der Waals surface area contributed by atoms with Gasteiger partial charge in [0.2, 0.25) is 5.91 Å². The number of anilines is 1. The molecule has 0 radical (unpaired) electrons. The van der Waals surface area contributed by atoms with Crippen molar-refractivity contribution in [2.24, 2.45) is 0 Å². The van der Waals surface area contributed by atoms with Crippen LogP contribution in [0.3, 0.4) is 0 Å². The molecule has 0 saturated carbocycles. The first-order valence-corrected chi connectivity index (χ1v) is 11.4. The molecule has 4 rings (SSSR count). The number of amides is 1. The maximum atomic E-state index is 12.7. The molecule has 0 bridgehead atoms. The van der Waals surface area contributed by atoms with E-state index < -0.39 is 0 Å². The van der Waals surface area contributed by atoms with E-state index in [-0.39, 0.29) is 11.5 Å². The molecule has 7 nitrogen and oxygen atoms in total. The summed E-state index contributed by atoms with van der Waals surface area (Å²) < 4.78 is 6.62. The molecule has 1 fully saturated rings. The molecule has 0 N–H and O–H groups in total. The maximum absolute atomic E-state index is 12.7. The minimum Gasteiger partial charge on any atom is -0.497 e. The Morgan fingerprint density at radius 3 is 2.42 bits per heavy atom. The Labute approximate surface area is 198 Å². The normalized spacial score (nSPS) is 13.8. The molecule has 0 spiro atoms. The molecule has 1 aromatic heterocycles. The zero-order chi connectivity index (χ0) is 23.2.